The van der Waals surface area contributed by atoms with Crippen molar-refractivity contribution in [1.29, 1.82) is 0 Å². The lowest BCUT2D eigenvalue weighted by Gasteiger charge is -2.46. The van der Waals surface area contributed by atoms with Crippen molar-refractivity contribution < 1.29 is 46.9 Å². The van der Waals surface area contributed by atoms with Crippen molar-refractivity contribution in [2.45, 2.75) is 120 Å². The van der Waals surface area contributed by atoms with Crippen LogP contribution in [0.25, 0.3) is 0 Å². The van der Waals surface area contributed by atoms with Crippen molar-refractivity contribution in [2.24, 2.45) is 16.2 Å². The SMILES string of the molecule is CCOP(=O)(OCC)C(N[C@H]1O[C@@H](C)[C@@H](OC(=O)C(C)(C)C)[C@@H](OC(=O)C(C)(C)C)[C@@H]1OC(=O)C(C)(C)C)c1ccc(Cl)cc1. The van der Waals surface area contributed by atoms with Crippen LogP contribution in [-0.2, 0) is 46.9 Å². The summed E-state index contributed by atoms with van der Waals surface area (Å²) in [7, 11) is -3.95. The maximum absolute atomic E-state index is 14.3. The van der Waals surface area contributed by atoms with E-state index < -0.39 is 78.2 Å². The molecule has 1 saturated heterocycles. The first-order valence-corrected chi connectivity index (χ1v) is 17.2. The Hall–Kier alpha value is -2.01. The molecule has 256 valence electrons. The van der Waals surface area contributed by atoms with Gasteiger partial charge in [0.2, 0.25) is 0 Å². The highest BCUT2D eigenvalue weighted by atomic mass is 35.5. The van der Waals surface area contributed by atoms with E-state index in [9.17, 15) is 18.9 Å². The Morgan fingerprint density at radius 2 is 1.18 bits per heavy atom. The first-order valence-electron chi connectivity index (χ1n) is 15.2. The van der Waals surface area contributed by atoms with E-state index in [1.807, 2.05) is 0 Å². The predicted octanol–water partition coefficient (Wildman–Crippen LogP) is 6.81. The van der Waals surface area contributed by atoms with Crippen LogP contribution in [0.1, 0.15) is 94.4 Å². The summed E-state index contributed by atoms with van der Waals surface area (Å²) in [6.45, 7) is 20.3. The van der Waals surface area contributed by atoms with Crippen molar-refractivity contribution in [3.8, 4) is 0 Å². The summed E-state index contributed by atoms with van der Waals surface area (Å²) in [6.07, 6.45) is -5.92. The smallest absolute Gasteiger partial charge is 0.352 e. The van der Waals surface area contributed by atoms with Gasteiger partial charge in [-0.2, -0.15) is 0 Å². The minimum Gasteiger partial charge on any atom is -0.455 e. The Balaban J connectivity index is 2.76. The lowest BCUT2D eigenvalue weighted by molar-refractivity contribution is -0.257. The molecule has 2 rings (SSSR count). The first kappa shape index (κ1) is 39.2. The number of esters is 3. The van der Waals surface area contributed by atoms with Gasteiger partial charge in [0.25, 0.3) is 0 Å². The zero-order chi connectivity index (χ0) is 34.5. The third-order valence-electron chi connectivity index (χ3n) is 6.78. The fraction of sp³-hybridized carbons (Fsp3) is 0.719. The number of carbonyl (C=O) groups excluding carboxylic acids is 3. The zero-order valence-electron chi connectivity index (χ0n) is 28.6. The van der Waals surface area contributed by atoms with Gasteiger partial charge in [-0.1, -0.05) is 23.7 Å². The van der Waals surface area contributed by atoms with Crippen LogP contribution in [-0.4, -0.2) is 61.8 Å². The number of ether oxygens (including phenoxy) is 4. The third-order valence-corrected chi connectivity index (χ3v) is 9.35. The molecule has 0 saturated carbocycles. The van der Waals surface area contributed by atoms with Crippen LogP contribution >= 0.6 is 19.2 Å². The number of halogens is 1. The zero-order valence-corrected chi connectivity index (χ0v) is 30.2. The van der Waals surface area contributed by atoms with Gasteiger partial charge in [-0.25, -0.2) is 0 Å². The molecule has 1 unspecified atom stereocenters. The van der Waals surface area contributed by atoms with E-state index in [1.165, 1.54) is 0 Å². The number of benzene rings is 1. The van der Waals surface area contributed by atoms with Crippen LogP contribution in [0.2, 0.25) is 5.02 Å². The molecule has 13 heteroatoms. The van der Waals surface area contributed by atoms with Crippen molar-refractivity contribution in [2.75, 3.05) is 13.2 Å². The molecule has 0 aromatic heterocycles. The van der Waals surface area contributed by atoms with Crippen LogP contribution in [0.5, 0.6) is 0 Å². The predicted molar refractivity (Wildman–Crippen MR) is 171 cm³/mol. The van der Waals surface area contributed by atoms with Gasteiger partial charge in [0.15, 0.2) is 24.5 Å². The minimum absolute atomic E-state index is 0.0735. The Morgan fingerprint density at radius 3 is 1.58 bits per heavy atom. The van der Waals surface area contributed by atoms with E-state index in [4.69, 9.17) is 39.6 Å². The fourth-order valence-electron chi connectivity index (χ4n) is 4.19. The monoisotopic (exact) mass is 675 g/mol. The average Bonchev–Trinajstić information content (AvgIpc) is 2.90. The minimum atomic E-state index is -3.95. The van der Waals surface area contributed by atoms with Gasteiger partial charge < -0.3 is 28.0 Å². The maximum atomic E-state index is 14.3. The summed E-state index contributed by atoms with van der Waals surface area (Å²) in [5.74, 6) is -2.94. The molecule has 6 atom stereocenters. The van der Waals surface area contributed by atoms with Gasteiger partial charge in [0.05, 0.1) is 35.6 Å². The van der Waals surface area contributed by atoms with Crippen molar-refractivity contribution in [3.63, 3.8) is 0 Å². The van der Waals surface area contributed by atoms with Crippen molar-refractivity contribution in [1.82, 2.24) is 5.32 Å². The van der Waals surface area contributed by atoms with Gasteiger partial charge in [-0.3, -0.25) is 24.3 Å². The summed E-state index contributed by atoms with van der Waals surface area (Å²) < 4.78 is 50.1. The standard InChI is InChI=1S/C32H51ClNO10P/c1-13-39-45(38,40-14-2)26(20-15-17-21(33)18-16-20)34-25-24(44-29(37)32(10,11)12)23(43-28(36)31(7,8)9)22(19(3)41-25)42-27(35)30(4,5)6/h15-19,22-26,34H,13-14H2,1-12H3/t19-,22+,23+,24-,25-,26?/m0/s1. The van der Waals surface area contributed by atoms with Crippen LogP contribution in [0.3, 0.4) is 0 Å². The maximum Gasteiger partial charge on any atom is 0.352 e. The van der Waals surface area contributed by atoms with Gasteiger partial charge in [-0.15, -0.1) is 0 Å². The van der Waals surface area contributed by atoms with Crippen LogP contribution in [0, 0.1) is 16.2 Å². The topological polar surface area (TPSA) is 136 Å². The van der Waals surface area contributed by atoms with E-state index >= 15 is 0 Å². The number of rotatable bonds is 11. The molecule has 1 aliphatic heterocycles. The molecule has 1 aromatic carbocycles. The van der Waals surface area contributed by atoms with E-state index in [-0.39, 0.29) is 13.2 Å². The molecule has 0 radical (unpaired) electrons. The molecule has 1 aliphatic rings. The number of hydrogen-bond acceptors (Lipinski definition) is 11. The molecule has 0 aliphatic carbocycles. The summed E-state index contributed by atoms with van der Waals surface area (Å²) in [4.78, 5) is 39.9. The van der Waals surface area contributed by atoms with E-state index in [2.05, 4.69) is 5.32 Å². The average molecular weight is 676 g/mol. The second kappa shape index (κ2) is 15.3. The van der Waals surface area contributed by atoms with Gasteiger partial charge >= 0.3 is 25.5 Å². The van der Waals surface area contributed by atoms with E-state index in [0.717, 1.165) is 0 Å². The quantitative estimate of drug-likeness (QED) is 0.150. The van der Waals surface area contributed by atoms with Crippen molar-refractivity contribution >= 4 is 37.1 Å². The second-order valence-electron chi connectivity index (χ2n) is 14.1. The van der Waals surface area contributed by atoms with E-state index in [1.54, 1.807) is 107 Å². The summed E-state index contributed by atoms with van der Waals surface area (Å²) in [5.41, 5.74) is -2.32. The highest BCUT2D eigenvalue weighted by Gasteiger charge is 2.54. The normalized spacial score (nSPS) is 23.6. The lowest BCUT2D eigenvalue weighted by atomic mass is 9.93. The summed E-state index contributed by atoms with van der Waals surface area (Å²) >= 11 is 6.16. The first-order chi connectivity index (χ1) is 20.5. The Labute approximate surface area is 272 Å². The molecule has 0 spiro atoms. The van der Waals surface area contributed by atoms with Crippen molar-refractivity contribution in [3.05, 3.63) is 34.9 Å². The Kier molecular flexibility index (Phi) is 13.3. The number of carbonyl (C=O) groups is 3. The van der Waals surface area contributed by atoms with Crippen LogP contribution in [0.4, 0.5) is 0 Å². The van der Waals surface area contributed by atoms with Gasteiger partial charge in [0.1, 0.15) is 5.78 Å². The molecule has 1 aromatic rings. The highest BCUT2D eigenvalue weighted by molar-refractivity contribution is 7.54. The Bertz CT molecular complexity index is 1210. The molecular formula is C32H51ClNO10P. The molecule has 0 amide bonds. The molecule has 45 heavy (non-hydrogen) atoms. The lowest BCUT2D eigenvalue weighted by Crippen LogP contribution is -2.65. The second-order valence-corrected chi connectivity index (χ2v) is 16.7. The number of hydrogen-bond donors (Lipinski definition) is 1. The molecule has 1 heterocycles. The summed E-state index contributed by atoms with van der Waals surface area (Å²) in [6, 6.07) is 6.59. The van der Waals surface area contributed by atoms with Crippen LogP contribution in [0.15, 0.2) is 24.3 Å². The fourth-order valence-corrected chi connectivity index (χ4v) is 6.28. The summed E-state index contributed by atoms with van der Waals surface area (Å²) in [5, 5.41) is 3.65. The Morgan fingerprint density at radius 1 is 0.778 bits per heavy atom. The number of nitrogens with one attached hydrogen (secondary N) is 1. The van der Waals surface area contributed by atoms with Gasteiger partial charge in [-0.05, 0) is 101 Å². The van der Waals surface area contributed by atoms with Crippen LogP contribution < -0.4 is 5.32 Å². The van der Waals surface area contributed by atoms with Gasteiger partial charge in [0, 0.05) is 5.02 Å². The molecule has 1 N–H and O–H groups in total. The highest BCUT2D eigenvalue weighted by Crippen LogP contribution is 2.60. The molecule has 11 nitrogen and oxygen atoms in total. The molecule has 0 bridgehead atoms. The third kappa shape index (κ3) is 10.5. The molecule has 1 fully saturated rings. The molecular weight excluding hydrogens is 625 g/mol. The van der Waals surface area contributed by atoms with E-state index in [0.29, 0.717) is 10.6 Å². The largest absolute Gasteiger partial charge is 0.455 e.